The third kappa shape index (κ3) is 4.56. The number of amides is 1. The molecule has 1 heterocycles. The fraction of sp³-hybridized carbons (Fsp3) is 0.389. The Morgan fingerprint density at radius 1 is 1.17 bits per heavy atom. The molecule has 3 rings (SSSR count). The molecule has 1 atom stereocenters. The van der Waals surface area contributed by atoms with Crippen molar-refractivity contribution >= 4 is 29.7 Å². The van der Waals surface area contributed by atoms with Crippen LogP contribution in [0.15, 0.2) is 36.4 Å². The number of fused-ring (bicyclic) bond motifs is 1. The number of halogens is 1. The van der Waals surface area contributed by atoms with Crippen LogP contribution in [-0.4, -0.2) is 12.5 Å². The van der Waals surface area contributed by atoms with Crippen LogP contribution in [0, 0.1) is 0 Å². The van der Waals surface area contributed by atoms with Crippen molar-refractivity contribution < 1.29 is 4.79 Å². The van der Waals surface area contributed by atoms with Crippen LogP contribution < -0.4 is 11.1 Å². The predicted octanol–water partition coefficient (Wildman–Crippen LogP) is 3.87. The normalized spacial score (nSPS) is 15.0. The SMILES string of the molecule is Cl.N[C@@H](CNC(=O)c1cc2c(s1)CCCCC2)c1ccccc1. The minimum absolute atomic E-state index is 0. The fourth-order valence-electron chi connectivity index (χ4n) is 2.89. The molecule has 0 fully saturated rings. The molecule has 0 unspecified atom stereocenters. The first kappa shape index (κ1) is 18.0. The average molecular weight is 351 g/mol. The van der Waals surface area contributed by atoms with Crippen LogP contribution in [0.1, 0.15) is 51.0 Å². The molecule has 0 spiro atoms. The van der Waals surface area contributed by atoms with E-state index in [1.165, 1.54) is 29.7 Å². The molecular formula is C18H23ClN2OS. The standard InChI is InChI=1S/C18H22N2OS.ClH/c19-15(13-7-3-1-4-8-13)12-20-18(21)17-11-14-9-5-2-6-10-16(14)22-17;/h1,3-4,7-8,11,15H,2,5-6,9-10,12,19H2,(H,20,21);1H/t15-;/m0./s1. The average Bonchev–Trinajstić information content (AvgIpc) is 2.84. The van der Waals surface area contributed by atoms with E-state index < -0.39 is 0 Å². The van der Waals surface area contributed by atoms with E-state index in [0.29, 0.717) is 6.54 Å². The molecule has 2 aromatic rings. The number of hydrogen-bond acceptors (Lipinski definition) is 3. The highest BCUT2D eigenvalue weighted by Gasteiger charge is 2.17. The largest absolute Gasteiger partial charge is 0.349 e. The van der Waals surface area contributed by atoms with Gasteiger partial charge < -0.3 is 11.1 Å². The van der Waals surface area contributed by atoms with Crippen molar-refractivity contribution in [3.8, 4) is 0 Å². The summed E-state index contributed by atoms with van der Waals surface area (Å²) in [6.45, 7) is 0.464. The number of nitrogens with one attached hydrogen (secondary N) is 1. The lowest BCUT2D eigenvalue weighted by Crippen LogP contribution is -2.31. The van der Waals surface area contributed by atoms with Crippen LogP contribution in [0.3, 0.4) is 0 Å². The van der Waals surface area contributed by atoms with Crippen molar-refractivity contribution in [2.75, 3.05) is 6.54 Å². The van der Waals surface area contributed by atoms with Crippen molar-refractivity contribution in [2.45, 2.75) is 38.1 Å². The number of aryl methyl sites for hydroxylation is 2. The van der Waals surface area contributed by atoms with E-state index in [0.717, 1.165) is 23.3 Å². The van der Waals surface area contributed by atoms with E-state index in [1.54, 1.807) is 11.3 Å². The maximum absolute atomic E-state index is 12.3. The molecule has 3 nitrogen and oxygen atoms in total. The summed E-state index contributed by atoms with van der Waals surface area (Å²) < 4.78 is 0. The van der Waals surface area contributed by atoms with Gasteiger partial charge in [-0.1, -0.05) is 36.8 Å². The van der Waals surface area contributed by atoms with Crippen molar-refractivity contribution in [2.24, 2.45) is 5.73 Å². The molecule has 1 aromatic heterocycles. The quantitative estimate of drug-likeness (QED) is 0.822. The lowest BCUT2D eigenvalue weighted by atomic mass is 10.1. The Balaban J connectivity index is 0.00000192. The van der Waals surface area contributed by atoms with Gasteiger partial charge in [-0.3, -0.25) is 4.79 Å². The zero-order valence-corrected chi connectivity index (χ0v) is 14.7. The third-order valence-corrected chi connectivity index (χ3v) is 5.42. The molecule has 0 aliphatic heterocycles. The Morgan fingerprint density at radius 2 is 1.91 bits per heavy atom. The van der Waals surface area contributed by atoms with Crippen molar-refractivity contribution in [3.05, 3.63) is 57.3 Å². The Morgan fingerprint density at radius 3 is 2.70 bits per heavy atom. The van der Waals surface area contributed by atoms with E-state index >= 15 is 0 Å². The number of benzene rings is 1. The van der Waals surface area contributed by atoms with Gasteiger partial charge in [0.05, 0.1) is 4.88 Å². The lowest BCUT2D eigenvalue weighted by molar-refractivity contribution is 0.0955. The van der Waals surface area contributed by atoms with Crippen LogP contribution in [0.2, 0.25) is 0 Å². The molecule has 1 amide bonds. The van der Waals surface area contributed by atoms with Gasteiger partial charge in [0.15, 0.2) is 0 Å². The van der Waals surface area contributed by atoms with Gasteiger partial charge in [-0.25, -0.2) is 0 Å². The maximum Gasteiger partial charge on any atom is 0.261 e. The van der Waals surface area contributed by atoms with Gasteiger partial charge in [0, 0.05) is 17.5 Å². The Labute approximate surface area is 147 Å². The van der Waals surface area contributed by atoms with Gasteiger partial charge >= 0.3 is 0 Å². The van der Waals surface area contributed by atoms with Gasteiger partial charge in [0.2, 0.25) is 0 Å². The second-order valence-electron chi connectivity index (χ2n) is 5.85. The molecule has 23 heavy (non-hydrogen) atoms. The summed E-state index contributed by atoms with van der Waals surface area (Å²) in [6.07, 6.45) is 6.02. The van der Waals surface area contributed by atoms with Crippen LogP contribution in [0.5, 0.6) is 0 Å². The highest BCUT2D eigenvalue weighted by atomic mass is 35.5. The second kappa shape index (κ2) is 8.48. The zero-order valence-electron chi connectivity index (χ0n) is 13.1. The van der Waals surface area contributed by atoms with E-state index in [-0.39, 0.29) is 24.4 Å². The smallest absolute Gasteiger partial charge is 0.261 e. The first-order chi connectivity index (χ1) is 10.7. The Hall–Kier alpha value is -1.36. The topological polar surface area (TPSA) is 55.1 Å². The van der Waals surface area contributed by atoms with E-state index in [4.69, 9.17) is 5.73 Å². The number of nitrogens with two attached hydrogens (primary N) is 1. The van der Waals surface area contributed by atoms with E-state index in [2.05, 4.69) is 11.4 Å². The molecule has 1 aromatic carbocycles. The monoisotopic (exact) mass is 350 g/mol. The van der Waals surface area contributed by atoms with Gasteiger partial charge in [-0.15, -0.1) is 23.7 Å². The summed E-state index contributed by atoms with van der Waals surface area (Å²) in [4.78, 5) is 14.6. The summed E-state index contributed by atoms with van der Waals surface area (Å²) in [7, 11) is 0. The van der Waals surface area contributed by atoms with Crippen molar-refractivity contribution in [1.82, 2.24) is 5.32 Å². The van der Waals surface area contributed by atoms with Gasteiger partial charge in [-0.2, -0.15) is 0 Å². The molecule has 124 valence electrons. The van der Waals surface area contributed by atoms with Gasteiger partial charge in [0.1, 0.15) is 0 Å². The first-order valence-corrected chi connectivity index (χ1v) is 8.76. The number of carbonyl (C=O) groups excluding carboxylic acids is 1. The Kier molecular flexibility index (Phi) is 6.63. The molecule has 1 aliphatic carbocycles. The number of carbonyl (C=O) groups is 1. The lowest BCUT2D eigenvalue weighted by Gasteiger charge is -2.12. The molecule has 0 bridgehead atoms. The highest BCUT2D eigenvalue weighted by Crippen LogP contribution is 2.28. The molecule has 0 saturated heterocycles. The highest BCUT2D eigenvalue weighted by molar-refractivity contribution is 7.14. The minimum Gasteiger partial charge on any atom is -0.349 e. The summed E-state index contributed by atoms with van der Waals surface area (Å²) in [5, 5.41) is 2.97. The molecule has 1 aliphatic rings. The second-order valence-corrected chi connectivity index (χ2v) is 6.98. The summed E-state index contributed by atoms with van der Waals surface area (Å²) in [6, 6.07) is 11.8. The minimum atomic E-state index is -0.164. The number of hydrogen-bond donors (Lipinski definition) is 2. The van der Waals surface area contributed by atoms with Gasteiger partial charge in [-0.05, 0) is 42.9 Å². The first-order valence-electron chi connectivity index (χ1n) is 7.94. The summed E-state index contributed by atoms with van der Waals surface area (Å²) >= 11 is 1.65. The summed E-state index contributed by atoms with van der Waals surface area (Å²) in [5.41, 5.74) is 8.55. The molecule has 0 radical (unpaired) electrons. The maximum atomic E-state index is 12.3. The van der Waals surface area contributed by atoms with Crippen LogP contribution >= 0.6 is 23.7 Å². The van der Waals surface area contributed by atoms with Crippen LogP contribution in [0.4, 0.5) is 0 Å². The van der Waals surface area contributed by atoms with E-state index in [1.807, 2.05) is 30.3 Å². The molecule has 3 N–H and O–H groups in total. The van der Waals surface area contributed by atoms with Crippen molar-refractivity contribution in [1.29, 1.82) is 0 Å². The summed E-state index contributed by atoms with van der Waals surface area (Å²) in [5.74, 6) is 0.00412. The van der Waals surface area contributed by atoms with Gasteiger partial charge in [0.25, 0.3) is 5.91 Å². The van der Waals surface area contributed by atoms with Crippen molar-refractivity contribution in [3.63, 3.8) is 0 Å². The molecular weight excluding hydrogens is 328 g/mol. The number of thiophene rings is 1. The molecule has 5 heteroatoms. The Bertz CT molecular complexity index is 618. The number of rotatable bonds is 4. The molecule has 0 saturated carbocycles. The fourth-order valence-corrected chi connectivity index (χ4v) is 4.06. The van der Waals surface area contributed by atoms with Crippen LogP contribution in [-0.2, 0) is 12.8 Å². The third-order valence-electron chi connectivity index (χ3n) is 4.18. The zero-order chi connectivity index (χ0) is 15.4. The predicted molar refractivity (Wildman–Crippen MR) is 98.5 cm³/mol. The van der Waals surface area contributed by atoms with Crippen LogP contribution in [0.25, 0.3) is 0 Å². The van der Waals surface area contributed by atoms with E-state index in [9.17, 15) is 4.79 Å².